The monoisotopic (exact) mass is 200 g/mol. The molecule has 0 fully saturated rings. The maximum atomic E-state index is 5.32. The summed E-state index contributed by atoms with van der Waals surface area (Å²) in [4.78, 5) is 0. The van der Waals surface area contributed by atoms with Crippen LogP contribution in [0.3, 0.4) is 0 Å². The SMILES string of the molecule is CC(C)OCCNc1nnc(CN)o1. The predicted molar refractivity (Wildman–Crippen MR) is 51.8 cm³/mol. The van der Waals surface area contributed by atoms with Crippen molar-refractivity contribution in [3.63, 3.8) is 0 Å². The molecule has 0 unspecified atom stereocenters. The van der Waals surface area contributed by atoms with Gasteiger partial charge in [0, 0.05) is 6.54 Å². The number of rotatable bonds is 6. The topological polar surface area (TPSA) is 86.2 Å². The Kier molecular flexibility index (Phi) is 4.34. The quantitative estimate of drug-likeness (QED) is 0.645. The van der Waals surface area contributed by atoms with Crippen molar-refractivity contribution >= 4 is 6.01 Å². The highest BCUT2D eigenvalue weighted by molar-refractivity contribution is 5.16. The molecule has 0 saturated carbocycles. The van der Waals surface area contributed by atoms with Crippen LogP contribution in [0.2, 0.25) is 0 Å². The van der Waals surface area contributed by atoms with Gasteiger partial charge < -0.3 is 20.2 Å². The number of hydrogen-bond acceptors (Lipinski definition) is 6. The molecule has 0 aliphatic heterocycles. The number of aromatic nitrogens is 2. The maximum absolute atomic E-state index is 5.32. The smallest absolute Gasteiger partial charge is 0.315 e. The molecule has 14 heavy (non-hydrogen) atoms. The van der Waals surface area contributed by atoms with E-state index in [9.17, 15) is 0 Å². The fourth-order valence-electron chi connectivity index (χ4n) is 0.860. The van der Waals surface area contributed by atoms with E-state index in [0.717, 1.165) is 0 Å². The Morgan fingerprint density at radius 2 is 2.29 bits per heavy atom. The molecule has 0 radical (unpaired) electrons. The zero-order valence-corrected chi connectivity index (χ0v) is 8.49. The summed E-state index contributed by atoms with van der Waals surface area (Å²) in [5, 5.41) is 10.4. The molecule has 0 aliphatic carbocycles. The molecule has 6 heteroatoms. The molecule has 3 N–H and O–H groups in total. The van der Waals surface area contributed by atoms with Gasteiger partial charge in [0.25, 0.3) is 0 Å². The van der Waals surface area contributed by atoms with Crippen molar-refractivity contribution in [2.75, 3.05) is 18.5 Å². The zero-order valence-electron chi connectivity index (χ0n) is 8.49. The van der Waals surface area contributed by atoms with Gasteiger partial charge in [-0.2, -0.15) is 0 Å². The van der Waals surface area contributed by atoms with Gasteiger partial charge in [-0.15, -0.1) is 5.10 Å². The number of anilines is 1. The lowest BCUT2D eigenvalue weighted by molar-refractivity contribution is 0.0868. The van der Waals surface area contributed by atoms with E-state index >= 15 is 0 Å². The molecular formula is C8H16N4O2. The zero-order chi connectivity index (χ0) is 10.4. The summed E-state index contributed by atoms with van der Waals surface area (Å²) < 4.78 is 10.4. The molecule has 1 heterocycles. The first-order valence-electron chi connectivity index (χ1n) is 4.60. The fourth-order valence-corrected chi connectivity index (χ4v) is 0.860. The van der Waals surface area contributed by atoms with E-state index in [4.69, 9.17) is 14.9 Å². The molecule has 1 aromatic rings. The van der Waals surface area contributed by atoms with E-state index in [0.29, 0.717) is 25.1 Å². The van der Waals surface area contributed by atoms with E-state index < -0.39 is 0 Å². The third-order valence-corrected chi connectivity index (χ3v) is 1.47. The second-order valence-electron chi connectivity index (χ2n) is 3.05. The van der Waals surface area contributed by atoms with Gasteiger partial charge in [-0.05, 0) is 13.8 Å². The summed E-state index contributed by atoms with van der Waals surface area (Å²) in [6.45, 7) is 5.48. The number of ether oxygens (including phenoxy) is 1. The van der Waals surface area contributed by atoms with Crippen molar-refractivity contribution < 1.29 is 9.15 Å². The molecule has 0 spiro atoms. The average molecular weight is 200 g/mol. The van der Waals surface area contributed by atoms with Gasteiger partial charge in [0.2, 0.25) is 5.89 Å². The number of nitrogens with zero attached hydrogens (tertiary/aromatic N) is 2. The highest BCUT2D eigenvalue weighted by Crippen LogP contribution is 2.03. The first-order valence-corrected chi connectivity index (χ1v) is 4.60. The van der Waals surface area contributed by atoms with E-state index in [2.05, 4.69) is 15.5 Å². The van der Waals surface area contributed by atoms with Crippen LogP contribution in [0.1, 0.15) is 19.7 Å². The van der Waals surface area contributed by atoms with Gasteiger partial charge in [-0.3, -0.25) is 0 Å². The molecular weight excluding hydrogens is 184 g/mol. The van der Waals surface area contributed by atoms with Crippen LogP contribution in [0.25, 0.3) is 0 Å². The summed E-state index contributed by atoms with van der Waals surface area (Å²) in [6.07, 6.45) is 0.235. The summed E-state index contributed by atoms with van der Waals surface area (Å²) in [6, 6.07) is 0.387. The number of hydrogen-bond donors (Lipinski definition) is 2. The van der Waals surface area contributed by atoms with Crippen molar-refractivity contribution in [1.82, 2.24) is 10.2 Å². The van der Waals surface area contributed by atoms with Crippen molar-refractivity contribution in [3.8, 4) is 0 Å². The lowest BCUT2D eigenvalue weighted by atomic mass is 10.5. The van der Waals surface area contributed by atoms with Gasteiger partial charge >= 0.3 is 6.01 Å². The van der Waals surface area contributed by atoms with E-state index in [-0.39, 0.29) is 12.6 Å². The maximum Gasteiger partial charge on any atom is 0.315 e. The van der Waals surface area contributed by atoms with Gasteiger partial charge in [0.15, 0.2) is 0 Å². The summed E-state index contributed by atoms with van der Waals surface area (Å²) in [5.74, 6) is 0.428. The first kappa shape index (κ1) is 10.9. The van der Waals surface area contributed by atoms with Gasteiger partial charge in [0.1, 0.15) is 0 Å². The highest BCUT2D eigenvalue weighted by atomic mass is 16.5. The molecule has 0 amide bonds. The number of nitrogens with two attached hydrogens (primary N) is 1. The van der Waals surface area contributed by atoms with E-state index in [1.807, 2.05) is 13.8 Å². The van der Waals surface area contributed by atoms with Crippen LogP contribution in [0.4, 0.5) is 6.01 Å². The van der Waals surface area contributed by atoms with Crippen LogP contribution in [0.15, 0.2) is 4.42 Å². The summed E-state index contributed by atoms with van der Waals surface area (Å²) in [5.41, 5.74) is 5.31. The molecule has 80 valence electrons. The molecule has 6 nitrogen and oxygen atoms in total. The summed E-state index contributed by atoms with van der Waals surface area (Å²) >= 11 is 0. The first-order chi connectivity index (χ1) is 6.72. The fraction of sp³-hybridized carbons (Fsp3) is 0.750. The highest BCUT2D eigenvalue weighted by Gasteiger charge is 2.02. The Morgan fingerprint density at radius 1 is 1.50 bits per heavy atom. The second-order valence-corrected chi connectivity index (χ2v) is 3.05. The molecule has 0 atom stereocenters. The number of nitrogens with one attached hydrogen (secondary N) is 1. The van der Waals surface area contributed by atoms with E-state index in [1.54, 1.807) is 0 Å². The third-order valence-electron chi connectivity index (χ3n) is 1.47. The molecule has 1 rings (SSSR count). The van der Waals surface area contributed by atoms with Crippen LogP contribution in [-0.4, -0.2) is 29.5 Å². The van der Waals surface area contributed by atoms with Crippen molar-refractivity contribution in [2.24, 2.45) is 5.73 Å². The molecule has 0 bridgehead atoms. The standard InChI is InChI=1S/C8H16N4O2/c1-6(2)13-4-3-10-8-12-11-7(5-9)14-8/h6H,3-5,9H2,1-2H3,(H,10,12). The van der Waals surface area contributed by atoms with Gasteiger partial charge in [-0.25, -0.2) is 0 Å². The average Bonchev–Trinajstić information content (AvgIpc) is 2.60. The molecule has 0 saturated heterocycles. The normalized spacial score (nSPS) is 10.9. The molecule has 1 aromatic heterocycles. The van der Waals surface area contributed by atoms with Gasteiger partial charge in [-0.1, -0.05) is 5.10 Å². The predicted octanol–water partition coefficient (Wildman–Crippen LogP) is 0.365. The van der Waals surface area contributed by atoms with Crippen LogP contribution >= 0.6 is 0 Å². The van der Waals surface area contributed by atoms with Crippen LogP contribution < -0.4 is 11.1 Å². The largest absolute Gasteiger partial charge is 0.407 e. The van der Waals surface area contributed by atoms with Crippen LogP contribution in [0.5, 0.6) is 0 Å². The Hall–Kier alpha value is -1.14. The van der Waals surface area contributed by atoms with E-state index in [1.165, 1.54) is 0 Å². The van der Waals surface area contributed by atoms with Crippen molar-refractivity contribution in [2.45, 2.75) is 26.5 Å². The van der Waals surface area contributed by atoms with Gasteiger partial charge in [0.05, 0.1) is 19.3 Å². The lowest BCUT2D eigenvalue weighted by Crippen LogP contribution is -2.13. The minimum Gasteiger partial charge on any atom is -0.407 e. The Morgan fingerprint density at radius 3 is 2.86 bits per heavy atom. The molecule has 0 aliphatic rings. The summed E-state index contributed by atoms with van der Waals surface area (Å²) in [7, 11) is 0. The third kappa shape index (κ3) is 3.71. The minimum absolute atomic E-state index is 0.235. The molecule has 0 aromatic carbocycles. The Labute approximate surface area is 82.8 Å². The van der Waals surface area contributed by atoms with Crippen molar-refractivity contribution in [3.05, 3.63) is 5.89 Å². The van der Waals surface area contributed by atoms with Crippen molar-refractivity contribution in [1.29, 1.82) is 0 Å². The lowest BCUT2D eigenvalue weighted by Gasteiger charge is -2.06. The second kappa shape index (κ2) is 5.56. The minimum atomic E-state index is 0.235. The Bertz CT molecular complexity index is 262. The van der Waals surface area contributed by atoms with Crippen LogP contribution in [-0.2, 0) is 11.3 Å². The van der Waals surface area contributed by atoms with Crippen LogP contribution in [0, 0.1) is 0 Å². The Balaban J connectivity index is 2.18.